The highest BCUT2D eigenvalue weighted by Gasteiger charge is 2.17. The second-order valence-corrected chi connectivity index (χ2v) is 5.43. The van der Waals surface area contributed by atoms with Crippen LogP contribution in [0.15, 0.2) is 54.9 Å². The summed E-state index contributed by atoms with van der Waals surface area (Å²) in [7, 11) is 1.88. The number of fused-ring (bicyclic) bond motifs is 1. The van der Waals surface area contributed by atoms with Gasteiger partial charge in [-0.15, -0.1) is 0 Å². The molecule has 2 heterocycles. The maximum absolute atomic E-state index is 12.4. The molecule has 0 aliphatic carbocycles. The van der Waals surface area contributed by atoms with E-state index in [1.54, 1.807) is 12.4 Å². The van der Waals surface area contributed by atoms with Crippen LogP contribution < -0.4 is 0 Å². The van der Waals surface area contributed by atoms with E-state index in [1.165, 1.54) is 0 Å². The second-order valence-electron chi connectivity index (χ2n) is 5.43. The Morgan fingerprint density at radius 2 is 2.09 bits per heavy atom. The molecule has 4 nitrogen and oxygen atoms in total. The highest BCUT2D eigenvalue weighted by atomic mass is 16.5. The standard InChI is InChI=1S/C18H18N2O2/c1-13(10-14-6-5-9-19-12-14)22-18(21)17-11-15-7-3-4-8-16(15)20(17)2/h3-9,11-13H,10H2,1-2H3/t13-/m0/s1. The minimum Gasteiger partial charge on any atom is -0.458 e. The third-order valence-electron chi connectivity index (χ3n) is 3.71. The maximum atomic E-state index is 12.4. The first-order valence-corrected chi connectivity index (χ1v) is 7.29. The lowest BCUT2D eigenvalue weighted by atomic mass is 10.1. The molecule has 112 valence electrons. The number of aryl methyl sites for hydroxylation is 1. The molecule has 0 radical (unpaired) electrons. The molecule has 2 aromatic heterocycles. The number of carbonyl (C=O) groups excluding carboxylic acids is 1. The summed E-state index contributed by atoms with van der Waals surface area (Å²) in [5, 5.41) is 1.04. The molecule has 0 N–H and O–H groups in total. The van der Waals surface area contributed by atoms with E-state index in [0.717, 1.165) is 16.5 Å². The molecule has 3 aromatic rings. The Bertz CT molecular complexity index is 793. The van der Waals surface area contributed by atoms with Gasteiger partial charge < -0.3 is 9.30 Å². The van der Waals surface area contributed by atoms with Crippen molar-refractivity contribution in [2.45, 2.75) is 19.4 Å². The van der Waals surface area contributed by atoms with Crippen LogP contribution in [0.4, 0.5) is 0 Å². The summed E-state index contributed by atoms with van der Waals surface area (Å²) in [5.74, 6) is -0.296. The number of esters is 1. The van der Waals surface area contributed by atoms with Crippen LogP contribution in [0.2, 0.25) is 0 Å². The Morgan fingerprint density at radius 3 is 2.82 bits per heavy atom. The molecule has 3 rings (SSSR count). The van der Waals surface area contributed by atoms with E-state index in [9.17, 15) is 4.79 Å². The molecule has 0 spiro atoms. The van der Waals surface area contributed by atoms with E-state index in [0.29, 0.717) is 12.1 Å². The monoisotopic (exact) mass is 294 g/mol. The topological polar surface area (TPSA) is 44.1 Å². The normalized spacial score (nSPS) is 12.3. The van der Waals surface area contributed by atoms with Gasteiger partial charge in [-0.2, -0.15) is 0 Å². The first-order valence-electron chi connectivity index (χ1n) is 7.29. The van der Waals surface area contributed by atoms with Crippen LogP contribution in [0.25, 0.3) is 10.9 Å². The molecular formula is C18H18N2O2. The number of para-hydroxylation sites is 1. The number of nitrogens with zero attached hydrogens (tertiary/aromatic N) is 2. The van der Waals surface area contributed by atoms with Gasteiger partial charge in [0.25, 0.3) is 0 Å². The highest BCUT2D eigenvalue weighted by Crippen LogP contribution is 2.19. The lowest BCUT2D eigenvalue weighted by Crippen LogP contribution is -2.19. The van der Waals surface area contributed by atoms with Gasteiger partial charge in [-0.25, -0.2) is 4.79 Å². The van der Waals surface area contributed by atoms with Gasteiger partial charge in [-0.05, 0) is 30.7 Å². The summed E-state index contributed by atoms with van der Waals surface area (Å²) in [4.78, 5) is 16.5. The van der Waals surface area contributed by atoms with Crippen molar-refractivity contribution < 1.29 is 9.53 Å². The molecule has 0 bridgehead atoms. The number of carbonyl (C=O) groups is 1. The van der Waals surface area contributed by atoms with Crippen molar-refractivity contribution in [3.63, 3.8) is 0 Å². The Kier molecular flexibility index (Phi) is 3.92. The van der Waals surface area contributed by atoms with Gasteiger partial charge in [0.05, 0.1) is 0 Å². The Hall–Kier alpha value is -2.62. The smallest absolute Gasteiger partial charge is 0.355 e. The van der Waals surface area contributed by atoms with Crippen LogP contribution in [0.5, 0.6) is 0 Å². The number of benzene rings is 1. The van der Waals surface area contributed by atoms with Crippen molar-refractivity contribution in [3.8, 4) is 0 Å². The summed E-state index contributed by atoms with van der Waals surface area (Å²) in [6, 6.07) is 13.6. The zero-order chi connectivity index (χ0) is 15.5. The van der Waals surface area contributed by atoms with E-state index >= 15 is 0 Å². The van der Waals surface area contributed by atoms with Gasteiger partial charge in [-0.3, -0.25) is 4.98 Å². The SMILES string of the molecule is C[C@@H](Cc1cccnc1)OC(=O)c1cc2ccccc2n1C. The molecule has 0 saturated heterocycles. The first-order chi connectivity index (χ1) is 10.6. The van der Waals surface area contributed by atoms with Gasteiger partial charge in [0, 0.05) is 36.8 Å². The average molecular weight is 294 g/mol. The lowest BCUT2D eigenvalue weighted by Gasteiger charge is -2.13. The first kappa shape index (κ1) is 14.3. The van der Waals surface area contributed by atoms with Crippen LogP contribution in [-0.2, 0) is 18.2 Å². The number of pyridine rings is 1. The lowest BCUT2D eigenvalue weighted by molar-refractivity contribution is 0.0332. The van der Waals surface area contributed by atoms with Crippen LogP contribution >= 0.6 is 0 Å². The molecular weight excluding hydrogens is 276 g/mol. The molecule has 0 amide bonds. The van der Waals surface area contributed by atoms with Crippen molar-refractivity contribution in [2.24, 2.45) is 7.05 Å². The zero-order valence-corrected chi connectivity index (χ0v) is 12.7. The quantitative estimate of drug-likeness (QED) is 0.693. The summed E-state index contributed by atoms with van der Waals surface area (Å²) >= 11 is 0. The third kappa shape index (κ3) is 2.86. The molecule has 0 aliphatic heterocycles. The predicted octanol–water partition coefficient (Wildman–Crippen LogP) is 3.36. The van der Waals surface area contributed by atoms with Crippen molar-refractivity contribution in [3.05, 3.63) is 66.1 Å². The minimum atomic E-state index is -0.296. The fourth-order valence-corrected chi connectivity index (χ4v) is 2.62. The zero-order valence-electron chi connectivity index (χ0n) is 12.7. The highest BCUT2D eigenvalue weighted by molar-refractivity contribution is 5.95. The summed E-state index contributed by atoms with van der Waals surface area (Å²) < 4.78 is 7.43. The molecule has 22 heavy (non-hydrogen) atoms. The largest absolute Gasteiger partial charge is 0.458 e. The van der Waals surface area contributed by atoms with Gasteiger partial charge in [0.15, 0.2) is 0 Å². The Labute approximate surface area is 129 Å². The van der Waals surface area contributed by atoms with Crippen molar-refractivity contribution in [2.75, 3.05) is 0 Å². The van der Waals surface area contributed by atoms with Gasteiger partial charge >= 0.3 is 5.97 Å². The van der Waals surface area contributed by atoms with Gasteiger partial charge in [0.2, 0.25) is 0 Å². The third-order valence-corrected chi connectivity index (χ3v) is 3.71. The number of hydrogen-bond donors (Lipinski definition) is 0. The number of hydrogen-bond acceptors (Lipinski definition) is 3. The fourth-order valence-electron chi connectivity index (χ4n) is 2.62. The molecule has 4 heteroatoms. The predicted molar refractivity (Wildman–Crippen MR) is 85.7 cm³/mol. The Balaban J connectivity index is 1.74. The average Bonchev–Trinajstić information content (AvgIpc) is 2.86. The van der Waals surface area contributed by atoms with Gasteiger partial charge in [0.1, 0.15) is 11.8 Å². The maximum Gasteiger partial charge on any atom is 0.355 e. The summed E-state index contributed by atoms with van der Waals surface area (Å²) in [5.41, 5.74) is 2.65. The van der Waals surface area contributed by atoms with Crippen LogP contribution in [0, 0.1) is 0 Å². The van der Waals surface area contributed by atoms with Crippen LogP contribution in [-0.4, -0.2) is 21.6 Å². The molecule has 0 unspecified atom stereocenters. The van der Waals surface area contributed by atoms with Crippen molar-refractivity contribution in [1.82, 2.24) is 9.55 Å². The molecule has 0 saturated carbocycles. The van der Waals surface area contributed by atoms with Crippen LogP contribution in [0.1, 0.15) is 23.0 Å². The fraction of sp³-hybridized carbons (Fsp3) is 0.222. The summed E-state index contributed by atoms with van der Waals surface area (Å²) in [6.45, 7) is 1.90. The van der Waals surface area contributed by atoms with Gasteiger partial charge in [-0.1, -0.05) is 24.3 Å². The van der Waals surface area contributed by atoms with E-state index < -0.39 is 0 Å². The van der Waals surface area contributed by atoms with E-state index in [2.05, 4.69) is 4.98 Å². The van der Waals surface area contributed by atoms with E-state index in [4.69, 9.17) is 4.74 Å². The molecule has 0 fully saturated rings. The van der Waals surface area contributed by atoms with Crippen molar-refractivity contribution in [1.29, 1.82) is 0 Å². The van der Waals surface area contributed by atoms with E-state index in [-0.39, 0.29) is 12.1 Å². The second kappa shape index (κ2) is 6.02. The number of ether oxygens (including phenoxy) is 1. The minimum absolute atomic E-state index is 0.199. The van der Waals surface area contributed by atoms with Crippen molar-refractivity contribution >= 4 is 16.9 Å². The molecule has 0 aliphatic rings. The Morgan fingerprint density at radius 1 is 1.27 bits per heavy atom. The summed E-state index contributed by atoms with van der Waals surface area (Å²) in [6.07, 6.45) is 3.98. The number of rotatable bonds is 4. The van der Waals surface area contributed by atoms with E-state index in [1.807, 2.05) is 61.0 Å². The number of aromatic nitrogens is 2. The van der Waals surface area contributed by atoms with Crippen LogP contribution in [0.3, 0.4) is 0 Å². The molecule has 1 aromatic carbocycles. The molecule has 1 atom stereocenters.